The van der Waals surface area contributed by atoms with Crippen LogP contribution in [-0.2, 0) is 14.3 Å². The number of carbonyl (C=O) groups is 2. The summed E-state index contributed by atoms with van der Waals surface area (Å²) in [7, 11) is 0. The zero-order valence-electron chi connectivity index (χ0n) is 19.4. The highest BCUT2D eigenvalue weighted by molar-refractivity contribution is 5.87. The predicted molar refractivity (Wildman–Crippen MR) is 125 cm³/mol. The van der Waals surface area contributed by atoms with Crippen LogP contribution in [0.2, 0.25) is 0 Å². The Balaban J connectivity index is 1.67. The van der Waals surface area contributed by atoms with Crippen molar-refractivity contribution in [2.45, 2.75) is 90.7 Å². The fraction of sp³-hybridized carbons (Fsp3) is 0.615. The zero-order valence-corrected chi connectivity index (χ0v) is 19.4. The van der Waals surface area contributed by atoms with Gasteiger partial charge in [-0.25, -0.2) is 4.79 Å². The van der Waals surface area contributed by atoms with Gasteiger partial charge in [0.15, 0.2) is 0 Å². The Kier molecular flexibility index (Phi) is 11.2. The quantitative estimate of drug-likeness (QED) is 0.264. The monoisotopic (exact) mass is 429 g/mol. The Hall–Kier alpha value is -2.30. The van der Waals surface area contributed by atoms with Gasteiger partial charge >= 0.3 is 5.97 Å². The molecule has 1 aromatic carbocycles. The summed E-state index contributed by atoms with van der Waals surface area (Å²) in [6, 6.07) is 7.94. The molecule has 172 valence electrons. The second-order valence-corrected chi connectivity index (χ2v) is 8.54. The van der Waals surface area contributed by atoms with Gasteiger partial charge in [-0.3, -0.25) is 4.79 Å². The lowest BCUT2D eigenvalue weighted by Gasteiger charge is -2.29. The standard InChI is InChI=1S/C26H39NO4/c1-4-6-7-8-19-30-23-14-9-21(10-15-23)11-18-25(28)31-24-16-12-22(13-17-24)27-26(29)20(3)5-2/h9-11,14-15,18,20,22,24H,4-8,12-13,16-17,19H2,1-3H3,(H,27,29)/b18-11+. The van der Waals surface area contributed by atoms with Crippen molar-refractivity contribution >= 4 is 18.0 Å². The fourth-order valence-corrected chi connectivity index (χ4v) is 3.62. The maximum absolute atomic E-state index is 12.2. The summed E-state index contributed by atoms with van der Waals surface area (Å²) in [6.45, 7) is 6.91. The van der Waals surface area contributed by atoms with E-state index in [9.17, 15) is 9.59 Å². The average molecular weight is 430 g/mol. The minimum atomic E-state index is -0.316. The average Bonchev–Trinajstić information content (AvgIpc) is 2.79. The number of nitrogens with one attached hydrogen (secondary N) is 1. The highest BCUT2D eigenvalue weighted by Crippen LogP contribution is 2.22. The highest BCUT2D eigenvalue weighted by Gasteiger charge is 2.25. The van der Waals surface area contributed by atoms with Crippen molar-refractivity contribution in [2.24, 2.45) is 5.92 Å². The van der Waals surface area contributed by atoms with Gasteiger partial charge in [-0.05, 0) is 62.3 Å². The van der Waals surface area contributed by atoms with Crippen LogP contribution in [0.15, 0.2) is 30.3 Å². The SMILES string of the molecule is CCCCCCOc1ccc(/C=C/C(=O)OC2CCC(NC(=O)C(C)CC)CC2)cc1. The van der Waals surface area contributed by atoms with Crippen molar-refractivity contribution < 1.29 is 19.1 Å². The first kappa shape index (κ1) is 25.0. The molecule has 0 aromatic heterocycles. The molecule has 2 rings (SSSR count). The molecule has 1 N–H and O–H groups in total. The van der Waals surface area contributed by atoms with Crippen molar-refractivity contribution in [3.63, 3.8) is 0 Å². The number of unbranched alkanes of at least 4 members (excludes halogenated alkanes) is 3. The third-order valence-corrected chi connectivity index (χ3v) is 5.92. The van der Waals surface area contributed by atoms with Crippen molar-refractivity contribution in [1.29, 1.82) is 0 Å². The smallest absolute Gasteiger partial charge is 0.331 e. The number of rotatable bonds is 12. The molecular weight excluding hydrogens is 390 g/mol. The Morgan fingerprint density at radius 1 is 1.06 bits per heavy atom. The Morgan fingerprint density at radius 3 is 2.42 bits per heavy atom. The number of hydrogen-bond acceptors (Lipinski definition) is 4. The number of carbonyl (C=O) groups excluding carboxylic acids is 2. The molecule has 1 aliphatic carbocycles. The molecule has 31 heavy (non-hydrogen) atoms. The van der Waals surface area contributed by atoms with Gasteiger partial charge in [0.25, 0.3) is 0 Å². The van der Waals surface area contributed by atoms with E-state index in [0.717, 1.165) is 56.4 Å². The lowest BCUT2D eigenvalue weighted by Crippen LogP contribution is -2.41. The van der Waals surface area contributed by atoms with Gasteiger partial charge in [0.05, 0.1) is 6.61 Å². The molecule has 0 bridgehead atoms. The molecule has 1 atom stereocenters. The van der Waals surface area contributed by atoms with Crippen LogP contribution in [0.1, 0.15) is 84.1 Å². The van der Waals surface area contributed by atoms with E-state index < -0.39 is 0 Å². The summed E-state index contributed by atoms with van der Waals surface area (Å²) in [4.78, 5) is 24.2. The molecule has 0 spiro atoms. The first-order valence-electron chi connectivity index (χ1n) is 11.9. The van der Waals surface area contributed by atoms with Gasteiger partial charge in [-0.15, -0.1) is 0 Å². The highest BCUT2D eigenvalue weighted by atomic mass is 16.5. The van der Waals surface area contributed by atoms with Gasteiger partial charge in [0.1, 0.15) is 11.9 Å². The summed E-state index contributed by atoms with van der Waals surface area (Å²) in [5.74, 6) is 0.711. The fourth-order valence-electron chi connectivity index (χ4n) is 3.62. The summed E-state index contributed by atoms with van der Waals surface area (Å²) in [5.41, 5.74) is 0.937. The van der Waals surface area contributed by atoms with E-state index in [0.29, 0.717) is 0 Å². The van der Waals surface area contributed by atoms with Crippen LogP contribution in [0, 0.1) is 5.92 Å². The maximum atomic E-state index is 12.2. The predicted octanol–water partition coefficient (Wildman–Crippen LogP) is 5.68. The van der Waals surface area contributed by atoms with E-state index in [1.807, 2.05) is 38.1 Å². The summed E-state index contributed by atoms with van der Waals surface area (Å²) in [5, 5.41) is 3.11. The van der Waals surface area contributed by atoms with Crippen LogP contribution in [0.25, 0.3) is 6.08 Å². The van der Waals surface area contributed by atoms with Crippen molar-refractivity contribution in [3.8, 4) is 5.75 Å². The van der Waals surface area contributed by atoms with E-state index in [1.165, 1.54) is 25.3 Å². The van der Waals surface area contributed by atoms with Crippen LogP contribution in [-0.4, -0.2) is 30.6 Å². The molecule has 0 radical (unpaired) electrons. The Morgan fingerprint density at radius 2 is 1.77 bits per heavy atom. The molecule has 1 aliphatic rings. The molecule has 5 nitrogen and oxygen atoms in total. The van der Waals surface area contributed by atoms with Crippen molar-refractivity contribution in [3.05, 3.63) is 35.9 Å². The summed E-state index contributed by atoms with van der Waals surface area (Å²) < 4.78 is 11.3. The van der Waals surface area contributed by atoms with Crippen LogP contribution in [0.5, 0.6) is 5.75 Å². The van der Waals surface area contributed by atoms with Gasteiger partial charge in [-0.2, -0.15) is 0 Å². The van der Waals surface area contributed by atoms with Crippen molar-refractivity contribution in [1.82, 2.24) is 5.32 Å². The largest absolute Gasteiger partial charge is 0.494 e. The third kappa shape index (κ3) is 9.58. The normalized spacial score (nSPS) is 19.7. The first-order valence-corrected chi connectivity index (χ1v) is 11.9. The first-order chi connectivity index (χ1) is 15.0. The molecule has 5 heteroatoms. The second-order valence-electron chi connectivity index (χ2n) is 8.54. The molecule has 0 heterocycles. The zero-order chi connectivity index (χ0) is 22.5. The molecular formula is C26H39NO4. The van der Waals surface area contributed by atoms with E-state index in [1.54, 1.807) is 6.08 Å². The topological polar surface area (TPSA) is 64.6 Å². The molecule has 1 saturated carbocycles. The van der Waals surface area contributed by atoms with Gasteiger partial charge in [0, 0.05) is 18.0 Å². The minimum Gasteiger partial charge on any atom is -0.494 e. The molecule has 1 fully saturated rings. The number of hydrogen-bond donors (Lipinski definition) is 1. The molecule has 0 saturated heterocycles. The number of amides is 1. The van der Waals surface area contributed by atoms with Gasteiger partial charge < -0.3 is 14.8 Å². The number of ether oxygens (including phenoxy) is 2. The van der Waals surface area contributed by atoms with Gasteiger partial charge in [0.2, 0.25) is 5.91 Å². The maximum Gasteiger partial charge on any atom is 0.331 e. The summed E-state index contributed by atoms with van der Waals surface area (Å²) in [6.07, 6.45) is 12.1. The Labute approximate surface area is 187 Å². The summed E-state index contributed by atoms with van der Waals surface area (Å²) >= 11 is 0. The molecule has 1 aromatic rings. The molecule has 1 amide bonds. The van der Waals surface area contributed by atoms with Crippen molar-refractivity contribution in [2.75, 3.05) is 6.61 Å². The lowest BCUT2D eigenvalue weighted by molar-refractivity contribution is -0.144. The van der Waals surface area contributed by atoms with Gasteiger partial charge in [-0.1, -0.05) is 52.2 Å². The number of benzene rings is 1. The van der Waals surface area contributed by atoms with Crippen LogP contribution in [0.4, 0.5) is 0 Å². The lowest BCUT2D eigenvalue weighted by atomic mass is 9.92. The Bertz CT molecular complexity index is 690. The minimum absolute atomic E-state index is 0.0483. The van der Waals surface area contributed by atoms with E-state index in [2.05, 4.69) is 12.2 Å². The number of esters is 1. The van der Waals surface area contributed by atoms with E-state index >= 15 is 0 Å². The van der Waals surface area contributed by atoms with Crippen LogP contribution >= 0.6 is 0 Å². The van der Waals surface area contributed by atoms with E-state index in [-0.39, 0.29) is 29.9 Å². The molecule has 0 aliphatic heterocycles. The van der Waals surface area contributed by atoms with E-state index in [4.69, 9.17) is 9.47 Å². The molecule has 1 unspecified atom stereocenters. The second kappa shape index (κ2) is 13.9. The van der Waals surface area contributed by atoms with Crippen LogP contribution in [0.3, 0.4) is 0 Å². The third-order valence-electron chi connectivity index (χ3n) is 5.92. The van der Waals surface area contributed by atoms with Crippen LogP contribution < -0.4 is 10.1 Å².